The van der Waals surface area contributed by atoms with E-state index in [9.17, 15) is 0 Å². The van der Waals surface area contributed by atoms with Gasteiger partial charge in [-0.15, -0.1) is 25.3 Å². The highest BCUT2D eigenvalue weighted by Crippen LogP contribution is 2.43. The van der Waals surface area contributed by atoms with Gasteiger partial charge in [0.05, 0.1) is 0 Å². The van der Waals surface area contributed by atoms with Gasteiger partial charge in [-0.25, -0.2) is 0 Å². The third-order valence-corrected chi connectivity index (χ3v) is 5.49. The Kier molecular flexibility index (Phi) is 5.93. The Hall–Kier alpha value is -1.64. The minimum Gasteiger partial charge on any atom is -0.143 e. The maximum absolute atomic E-state index is 4.48. The molecule has 0 aromatic heterocycles. The van der Waals surface area contributed by atoms with Crippen LogP contribution in [0.2, 0.25) is 0 Å². The van der Waals surface area contributed by atoms with E-state index >= 15 is 0 Å². The summed E-state index contributed by atoms with van der Waals surface area (Å²) >= 11 is 8.95. The Balaban J connectivity index is 2.26. The fourth-order valence-corrected chi connectivity index (χ4v) is 3.89. The molecule has 0 unspecified atom stereocenters. The van der Waals surface area contributed by atoms with Crippen LogP contribution < -0.4 is 0 Å². The van der Waals surface area contributed by atoms with Gasteiger partial charge in [-0.1, -0.05) is 74.4 Å². The molecular formula is C23H24S2. The van der Waals surface area contributed by atoms with Gasteiger partial charge in [-0.05, 0) is 47.4 Å². The lowest BCUT2D eigenvalue weighted by molar-refractivity contribution is 0.527. The van der Waals surface area contributed by atoms with Gasteiger partial charge in [0.2, 0.25) is 0 Å². The molecule has 0 aliphatic heterocycles. The Morgan fingerprint density at radius 2 is 1.08 bits per heavy atom. The lowest BCUT2D eigenvalue weighted by Gasteiger charge is -2.36. The number of hydrogen-bond acceptors (Lipinski definition) is 2. The molecule has 0 radical (unpaired) electrons. The average Bonchev–Trinajstić information content (AvgIpc) is 2.65. The maximum atomic E-state index is 4.48. The zero-order chi connectivity index (χ0) is 17.7. The average molecular weight is 365 g/mol. The molecule has 3 aromatic rings. The molecule has 0 fully saturated rings. The minimum absolute atomic E-state index is 0.153. The van der Waals surface area contributed by atoms with Gasteiger partial charge < -0.3 is 0 Å². The molecule has 0 heterocycles. The summed E-state index contributed by atoms with van der Waals surface area (Å²) in [5, 5.41) is 0. The Bertz CT molecular complexity index is 744. The quantitative estimate of drug-likeness (QED) is 0.349. The molecule has 2 heteroatoms. The van der Waals surface area contributed by atoms with E-state index in [4.69, 9.17) is 0 Å². The zero-order valence-corrected chi connectivity index (χ0v) is 16.3. The van der Waals surface area contributed by atoms with Crippen molar-refractivity contribution in [1.82, 2.24) is 0 Å². The Morgan fingerprint density at radius 3 is 1.52 bits per heavy atom. The van der Waals surface area contributed by atoms with Gasteiger partial charge in [0.15, 0.2) is 0 Å². The van der Waals surface area contributed by atoms with Crippen LogP contribution in [0.15, 0.2) is 88.7 Å². The highest BCUT2D eigenvalue weighted by atomic mass is 32.1. The third kappa shape index (κ3) is 3.80. The van der Waals surface area contributed by atoms with E-state index in [1.807, 2.05) is 0 Å². The molecule has 0 spiro atoms. The van der Waals surface area contributed by atoms with Gasteiger partial charge >= 0.3 is 0 Å². The summed E-state index contributed by atoms with van der Waals surface area (Å²) in [6.07, 6.45) is 3.41. The van der Waals surface area contributed by atoms with E-state index in [0.29, 0.717) is 0 Å². The van der Waals surface area contributed by atoms with Crippen LogP contribution in [0.25, 0.3) is 0 Å². The van der Waals surface area contributed by atoms with Gasteiger partial charge in [0.25, 0.3) is 0 Å². The summed E-state index contributed by atoms with van der Waals surface area (Å²) < 4.78 is 0. The molecule has 0 saturated heterocycles. The van der Waals surface area contributed by atoms with Crippen LogP contribution in [0.4, 0.5) is 0 Å². The summed E-state index contributed by atoms with van der Waals surface area (Å²) in [6, 6.07) is 28.1. The third-order valence-electron chi connectivity index (χ3n) is 4.89. The lowest BCUT2D eigenvalue weighted by Crippen LogP contribution is -2.29. The molecule has 3 aromatic carbocycles. The second kappa shape index (κ2) is 8.16. The number of unbranched alkanes of at least 4 members (excludes halogenated alkanes) is 1. The SMILES string of the molecule is CCCCC(c1ccccc1)(c1ccc(S)cc1)c1ccc(S)cc1. The van der Waals surface area contributed by atoms with Gasteiger partial charge in [-0.2, -0.15) is 0 Å². The van der Waals surface area contributed by atoms with E-state index < -0.39 is 0 Å². The molecule has 3 rings (SSSR count). The number of hydrogen-bond donors (Lipinski definition) is 2. The summed E-state index contributed by atoms with van der Waals surface area (Å²) in [5.74, 6) is 0. The van der Waals surface area contributed by atoms with Crippen molar-refractivity contribution in [2.75, 3.05) is 0 Å². The number of rotatable bonds is 6. The molecule has 25 heavy (non-hydrogen) atoms. The predicted octanol–water partition coefficient (Wildman–Crippen LogP) is 6.79. The summed E-state index contributed by atoms with van der Waals surface area (Å²) in [5.41, 5.74) is 3.82. The highest BCUT2D eigenvalue weighted by molar-refractivity contribution is 7.80. The van der Waals surface area contributed by atoms with Crippen LogP contribution in [-0.2, 0) is 5.41 Å². The number of benzene rings is 3. The van der Waals surface area contributed by atoms with Crippen LogP contribution in [0.1, 0.15) is 42.9 Å². The fourth-order valence-electron chi connectivity index (χ4n) is 3.59. The summed E-state index contributed by atoms with van der Waals surface area (Å²) in [7, 11) is 0. The van der Waals surface area contributed by atoms with Gasteiger partial charge in [0.1, 0.15) is 0 Å². The van der Waals surface area contributed by atoms with E-state index in [0.717, 1.165) is 16.2 Å². The van der Waals surface area contributed by atoms with Crippen molar-refractivity contribution in [3.05, 3.63) is 95.6 Å². The summed E-state index contributed by atoms with van der Waals surface area (Å²) in [6.45, 7) is 2.25. The van der Waals surface area contributed by atoms with Crippen molar-refractivity contribution in [1.29, 1.82) is 0 Å². The van der Waals surface area contributed by atoms with Gasteiger partial charge in [-0.3, -0.25) is 0 Å². The topological polar surface area (TPSA) is 0 Å². The van der Waals surface area contributed by atoms with Crippen LogP contribution in [0, 0.1) is 0 Å². The van der Waals surface area contributed by atoms with E-state index in [2.05, 4.69) is 111 Å². The van der Waals surface area contributed by atoms with Crippen molar-refractivity contribution in [3.8, 4) is 0 Å². The largest absolute Gasteiger partial charge is 0.143 e. The normalized spacial score (nSPS) is 11.5. The first kappa shape index (κ1) is 18.2. The predicted molar refractivity (Wildman–Crippen MR) is 113 cm³/mol. The fraction of sp³-hybridized carbons (Fsp3) is 0.217. The molecule has 128 valence electrons. The second-order valence-corrected chi connectivity index (χ2v) is 7.50. The number of thiol groups is 2. The first-order valence-electron chi connectivity index (χ1n) is 8.81. The molecular weight excluding hydrogens is 340 g/mol. The van der Waals surface area contributed by atoms with Gasteiger partial charge in [0, 0.05) is 15.2 Å². The standard InChI is InChI=1S/C23H24S2/c1-2-3-17-23(18-7-5-4-6-8-18,19-9-13-21(24)14-10-19)20-11-15-22(25)16-12-20/h4-16,24-25H,2-3,17H2,1H3. The molecule has 0 saturated carbocycles. The molecule has 0 amide bonds. The lowest BCUT2D eigenvalue weighted by atomic mass is 9.66. The van der Waals surface area contributed by atoms with Crippen molar-refractivity contribution in [3.63, 3.8) is 0 Å². The van der Waals surface area contributed by atoms with Crippen LogP contribution in [0.3, 0.4) is 0 Å². The molecule has 0 aliphatic rings. The maximum Gasteiger partial charge on any atom is 0.0451 e. The van der Waals surface area contributed by atoms with Crippen LogP contribution >= 0.6 is 25.3 Å². The van der Waals surface area contributed by atoms with Crippen molar-refractivity contribution in [2.24, 2.45) is 0 Å². The smallest absolute Gasteiger partial charge is 0.0451 e. The van der Waals surface area contributed by atoms with Crippen LogP contribution in [0.5, 0.6) is 0 Å². The van der Waals surface area contributed by atoms with E-state index in [1.54, 1.807) is 0 Å². The molecule has 0 N–H and O–H groups in total. The molecule has 0 nitrogen and oxygen atoms in total. The highest BCUT2D eigenvalue weighted by Gasteiger charge is 2.35. The second-order valence-electron chi connectivity index (χ2n) is 6.47. The van der Waals surface area contributed by atoms with E-state index in [-0.39, 0.29) is 5.41 Å². The zero-order valence-electron chi connectivity index (χ0n) is 14.5. The minimum atomic E-state index is -0.153. The first-order chi connectivity index (χ1) is 12.2. The van der Waals surface area contributed by atoms with Crippen molar-refractivity contribution < 1.29 is 0 Å². The molecule has 0 aliphatic carbocycles. The first-order valence-corrected chi connectivity index (χ1v) is 9.71. The Morgan fingerprint density at radius 1 is 0.640 bits per heavy atom. The summed E-state index contributed by atoms with van der Waals surface area (Å²) in [4.78, 5) is 1.99. The molecule has 0 atom stereocenters. The monoisotopic (exact) mass is 364 g/mol. The van der Waals surface area contributed by atoms with E-state index in [1.165, 1.54) is 29.5 Å². The van der Waals surface area contributed by atoms with Crippen molar-refractivity contribution in [2.45, 2.75) is 41.4 Å². The van der Waals surface area contributed by atoms with Crippen molar-refractivity contribution >= 4 is 25.3 Å². The van der Waals surface area contributed by atoms with Crippen LogP contribution in [-0.4, -0.2) is 0 Å². The molecule has 0 bridgehead atoms. The Labute approximate surface area is 162 Å².